The molecule has 0 aliphatic carbocycles. The second-order valence-corrected chi connectivity index (χ2v) is 9.95. The Morgan fingerprint density at radius 3 is 2.10 bits per heavy atom. The molecule has 2 heterocycles. The number of ether oxygens (including phenoxy) is 4. The molecular formula is C29H30N2O7S. The van der Waals surface area contributed by atoms with Crippen molar-refractivity contribution in [2.45, 2.75) is 32.8 Å². The van der Waals surface area contributed by atoms with Gasteiger partial charge in [-0.3, -0.25) is 9.36 Å². The quantitative estimate of drug-likeness (QED) is 0.425. The zero-order valence-corrected chi connectivity index (χ0v) is 23.2. The predicted octanol–water partition coefficient (Wildman–Crippen LogP) is 2.35. The lowest BCUT2D eigenvalue weighted by Crippen LogP contribution is -2.42. The van der Waals surface area contributed by atoms with Crippen molar-refractivity contribution >= 4 is 40.7 Å². The minimum absolute atomic E-state index is 0.0129. The zero-order chi connectivity index (χ0) is 28.3. The number of nitrogens with zero attached hydrogens (tertiary/aromatic N) is 1. The lowest BCUT2D eigenvalue weighted by Gasteiger charge is -2.27. The number of hydrogen-bond donors (Lipinski definition) is 1. The molecule has 2 N–H and O–H groups in total. The number of methoxy groups -OCH3 is 2. The van der Waals surface area contributed by atoms with Gasteiger partial charge in [0.15, 0.2) is 0 Å². The molecule has 0 unspecified atom stereocenters. The summed E-state index contributed by atoms with van der Waals surface area (Å²) in [5.41, 5.74) is 7.53. The first kappa shape index (κ1) is 27.7. The maximum atomic E-state index is 13.7. The van der Waals surface area contributed by atoms with Gasteiger partial charge in [-0.1, -0.05) is 24.3 Å². The average Bonchev–Trinajstić information content (AvgIpc) is 3.24. The third-order valence-corrected chi connectivity index (χ3v) is 7.18. The number of esters is 2. The van der Waals surface area contributed by atoms with Crippen molar-refractivity contribution in [3.63, 3.8) is 0 Å². The van der Waals surface area contributed by atoms with Gasteiger partial charge in [-0.15, -0.1) is 11.3 Å². The van der Waals surface area contributed by atoms with Crippen LogP contribution in [0.15, 0.2) is 58.9 Å². The number of aromatic nitrogens is 1. The van der Waals surface area contributed by atoms with Crippen LogP contribution in [0.1, 0.15) is 37.8 Å². The summed E-state index contributed by atoms with van der Waals surface area (Å²) in [4.78, 5) is 40.6. The van der Waals surface area contributed by atoms with Gasteiger partial charge in [-0.25, -0.2) is 9.59 Å². The van der Waals surface area contributed by atoms with E-state index in [0.29, 0.717) is 21.6 Å². The Morgan fingerprint density at radius 2 is 1.56 bits per heavy atom. The molecule has 3 aromatic rings. The summed E-state index contributed by atoms with van der Waals surface area (Å²) >= 11 is 1.10. The molecule has 1 aliphatic heterocycles. The van der Waals surface area contributed by atoms with E-state index in [2.05, 4.69) is 0 Å². The minimum Gasteiger partial charge on any atom is -0.497 e. The fourth-order valence-electron chi connectivity index (χ4n) is 4.31. The van der Waals surface area contributed by atoms with Crippen molar-refractivity contribution in [2.24, 2.45) is 5.73 Å². The van der Waals surface area contributed by atoms with Crippen molar-refractivity contribution in [3.05, 3.63) is 84.8 Å². The third-order valence-electron chi connectivity index (χ3n) is 6.07. The van der Waals surface area contributed by atoms with Crippen molar-refractivity contribution in [3.8, 4) is 11.5 Å². The molecule has 4 rings (SSSR count). The van der Waals surface area contributed by atoms with Crippen LogP contribution in [0.25, 0.3) is 17.5 Å². The van der Waals surface area contributed by atoms with Crippen LogP contribution in [0, 0.1) is 0 Å². The van der Waals surface area contributed by atoms with Crippen LogP contribution in [-0.4, -0.2) is 43.4 Å². The molecule has 1 aromatic heterocycles. The Morgan fingerprint density at radius 1 is 0.974 bits per heavy atom. The highest BCUT2D eigenvalue weighted by Crippen LogP contribution is 2.38. The summed E-state index contributed by atoms with van der Waals surface area (Å²) in [6.45, 7) is 5.20. The largest absolute Gasteiger partial charge is 0.497 e. The lowest BCUT2D eigenvalue weighted by atomic mass is 9.83. The minimum atomic E-state index is -0.937. The number of carbonyl (C=O) groups excluding carboxylic acids is 2. The molecule has 0 fully saturated rings. The molecule has 0 spiro atoms. The molecule has 10 heteroatoms. The maximum absolute atomic E-state index is 13.7. The van der Waals surface area contributed by atoms with E-state index in [0.717, 1.165) is 16.9 Å². The van der Waals surface area contributed by atoms with Crippen LogP contribution in [0.4, 0.5) is 0 Å². The van der Waals surface area contributed by atoms with Crippen LogP contribution in [0.5, 0.6) is 11.5 Å². The average molecular weight is 551 g/mol. The molecule has 0 radical (unpaired) electrons. The summed E-state index contributed by atoms with van der Waals surface area (Å²) < 4.78 is 23.3. The highest BCUT2D eigenvalue weighted by molar-refractivity contribution is 7.07. The summed E-state index contributed by atoms with van der Waals surface area (Å²) in [6, 6.07) is 14.1. The number of carbonyl (C=O) groups is 2. The van der Waals surface area contributed by atoms with E-state index in [1.807, 2.05) is 12.1 Å². The van der Waals surface area contributed by atoms with Crippen LogP contribution < -0.4 is 30.0 Å². The van der Waals surface area contributed by atoms with Gasteiger partial charge in [-0.05, 0) is 62.2 Å². The fourth-order valence-corrected chi connectivity index (χ4v) is 5.48. The van der Waals surface area contributed by atoms with Crippen LogP contribution in [0.3, 0.4) is 0 Å². The van der Waals surface area contributed by atoms with Crippen molar-refractivity contribution < 1.29 is 28.5 Å². The first-order chi connectivity index (χ1) is 18.7. The van der Waals surface area contributed by atoms with Crippen LogP contribution in [-0.2, 0) is 19.1 Å². The van der Waals surface area contributed by atoms with Gasteiger partial charge in [0.1, 0.15) is 22.0 Å². The molecule has 0 saturated heterocycles. The Bertz CT molecular complexity index is 1600. The zero-order valence-electron chi connectivity index (χ0n) is 22.3. The topological polar surface area (TPSA) is 119 Å². The van der Waals surface area contributed by atoms with Gasteiger partial charge in [-0.2, -0.15) is 0 Å². The SMILES string of the molecule is CCOC(=O)C1=C(N)n2c(sc(=Cc3ccc(OC)cc3)c2=O)=C(C(=O)OC(C)C)[C@H]1c1ccc(OC)cc1. The second-order valence-electron chi connectivity index (χ2n) is 8.92. The molecule has 39 heavy (non-hydrogen) atoms. The van der Waals surface area contributed by atoms with Gasteiger partial charge in [0.2, 0.25) is 0 Å². The van der Waals surface area contributed by atoms with E-state index >= 15 is 0 Å². The van der Waals surface area contributed by atoms with Gasteiger partial charge in [0, 0.05) is 0 Å². The second kappa shape index (κ2) is 11.6. The Hall–Kier alpha value is -4.31. The van der Waals surface area contributed by atoms with Crippen LogP contribution >= 0.6 is 11.3 Å². The van der Waals surface area contributed by atoms with Crippen molar-refractivity contribution in [1.82, 2.24) is 4.57 Å². The first-order valence-corrected chi connectivity index (χ1v) is 13.2. The highest BCUT2D eigenvalue weighted by atomic mass is 32.1. The third kappa shape index (κ3) is 5.46. The molecular weight excluding hydrogens is 520 g/mol. The monoisotopic (exact) mass is 550 g/mol. The van der Waals surface area contributed by atoms with E-state index in [9.17, 15) is 14.4 Å². The summed E-state index contributed by atoms with van der Waals surface area (Å²) in [5, 5.41) is 0. The standard InChI is InChI=1S/C29H30N2O7S/c1-6-37-28(33)23-22(18-9-13-20(36-5)14-10-18)24(29(34)38-16(2)3)27-31(25(23)30)26(32)21(39-27)15-17-7-11-19(35-4)12-8-17/h7-16,22H,6,30H2,1-5H3/t22-/m0/s1. The molecule has 0 amide bonds. The van der Waals surface area contributed by atoms with E-state index in [1.54, 1.807) is 77.5 Å². The normalized spacial score (nSPS) is 15.3. The molecule has 0 bridgehead atoms. The molecule has 9 nitrogen and oxygen atoms in total. The lowest BCUT2D eigenvalue weighted by molar-refractivity contribution is -0.140. The first-order valence-electron chi connectivity index (χ1n) is 12.3. The molecule has 1 aliphatic rings. The van der Waals surface area contributed by atoms with E-state index in [1.165, 1.54) is 4.57 Å². The van der Waals surface area contributed by atoms with Crippen LogP contribution in [0.2, 0.25) is 0 Å². The van der Waals surface area contributed by atoms with E-state index < -0.39 is 29.5 Å². The number of thiazole rings is 1. The van der Waals surface area contributed by atoms with E-state index in [-0.39, 0.29) is 28.2 Å². The smallest absolute Gasteiger partial charge is 0.338 e. The molecule has 204 valence electrons. The highest BCUT2D eigenvalue weighted by Gasteiger charge is 2.40. The number of nitrogens with two attached hydrogens (primary N) is 1. The van der Waals surface area contributed by atoms with Crippen molar-refractivity contribution in [2.75, 3.05) is 20.8 Å². The number of rotatable bonds is 8. The molecule has 0 saturated carbocycles. The predicted molar refractivity (Wildman–Crippen MR) is 149 cm³/mol. The maximum Gasteiger partial charge on any atom is 0.338 e. The number of hydrogen-bond acceptors (Lipinski definition) is 9. The Balaban J connectivity index is 2.07. The number of fused-ring (bicyclic) bond motifs is 1. The van der Waals surface area contributed by atoms with Gasteiger partial charge < -0.3 is 24.7 Å². The number of benzene rings is 2. The molecule has 1 atom stereocenters. The fraction of sp³-hybridized carbons (Fsp3) is 0.276. The molecule has 2 aromatic carbocycles. The van der Waals surface area contributed by atoms with E-state index in [4.69, 9.17) is 24.7 Å². The Kier molecular flexibility index (Phi) is 8.25. The van der Waals surface area contributed by atoms with Crippen molar-refractivity contribution in [1.29, 1.82) is 0 Å². The summed E-state index contributed by atoms with van der Waals surface area (Å²) in [6.07, 6.45) is 1.25. The summed E-state index contributed by atoms with van der Waals surface area (Å²) in [5.74, 6) is -1.15. The van der Waals surface area contributed by atoms with Gasteiger partial charge in [0.05, 0.1) is 48.5 Å². The summed E-state index contributed by atoms with van der Waals surface area (Å²) in [7, 11) is 3.11. The van der Waals surface area contributed by atoms with Gasteiger partial charge >= 0.3 is 11.9 Å². The van der Waals surface area contributed by atoms with Gasteiger partial charge in [0.25, 0.3) is 5.56 Å². The Labute approximate surface area is 229 Å².